The summed E-state index contributed by atoms with van der Waals surface area (Å²) in [6, 6.07) is 3.46. The van der Waals surface area contributed by atoms with Crippen molar-refractivity contribution in [3.05, 3.63) is 23.1 Å². The number of fused-ring (bicyclic) bond motifs is 1. The van der Waals surface area contributed by atoms with Crippen molar-refractivity contribution in [3.63, 3.8) is 0 Å². The second-order valence-corrected chi connectivity index (χ2v) is 3.63. The van der Waals surface area contributed by atoms with Crippen LogP contribution in [-0.2, 0) is 0 Å². The summed E-state index contributed by atoms with van der Waals surface area (Å²) in [5.41, 5.74) is 6.16. The molecule has 0 saturated heterocycles. The van der Waals surface area contributed by atoms with E-state index in [2.05, 4.69) is 0 Å². The maximum atomic E-state index is 10.5. The molecular weight excluding hydrogens is 186 g/mol. The molecule has 2 aromatic rings. The second kappa shape index (κ2) is 2.74. The SMILES string of the molecule is Nc1c(O)c(C=O)cc2sccc12. The van der Waals surface area contributed by atoms with Crippen LogP contribution in [0.5, 0.6) is 5.75 Å². The van der Waals surface area contributed by atoms with E-state index < -0.39 is 0 Å². The normalized spacial score (nSPS) is 10.5. The van der Waals surface area contributed by atoms with Gasteiger partial charge in [0, 0.05) is 10.1 Å². The van der Waals surface area contributed by atoms with Crippen molar-refractivity contribution in [2.75, 3.05) is 5.73 Å². The molecule has 3 nitrogen and oxygen atoms in total. The zero-order valence-corrected chi connectivity index (χ0v) is 7.47. The minimum absolute atomic E-state index is 0.124. The third kappa shape index (κ3) is 1.07. The van der Waals surface area contributed by atoms with E-state index in [1.807, 2.05) is 11.4 Å². The number of phenolic OH excluding ortho intramolecular Hbond substituents is 1. The van der Waals surface area contributed by atoms with E-state index in [1.54, 1.807) is 6.07 Å². The van der Waals surface area contributed by atoms with Crippen LogP contribution in [0.25, 0.3) is 10.1 Å². The molecule has 4 heteroatoms. The number of aromatic hydroxyl groups is 1. The number of hydrogen-bond donors (Lipinski definition) is 2. The van der Waals surface area contributed by atoms with Crippen molar-refractivity contribution in [1.82, 2.24) is 0 Å². The van der Waals surface area contributed by atoms with Crippen molar-refractivity contribution in [2.45, 2.75) is 0 Å². The van der Waals surface area contributed by atoms with Gasteiger partial charge >= 0.3 is 0 Å². The summed E-state index contributed by atoms with van der Waals surface area (Å²) < 4.78 is 0.914. The van der Waals surface area contributed by atoms with E-state index in [1.165, 1.54) is 11.3 Å². The molecule has 0 radical (unpaired) electrons. The first-order valence-electron chi connectivity index (χ1n) is 3.68. The van der Waals surface area contributed by atoms with E-state index >= 15 is 0 Å². The van der Waals surface area contributed by atoms with Gasteiger partial charge in [0.2, 0.25) is 0 Å². The average molecular weight is 193 g/mol. The van der Waals surface area contributed by atoms with Gasteiger partial charge in [-0.15, -0.1) is 11.3 Å². The lowest BCUT2D eigenvalue weighted by Gasteiger charge is -2.02. The summed E-state index contributed by atoms with van der Waals surface area (Å²) in [6.45, 7) is 0. The van der Waals surface area contributed by atoms with E-state index in [0.29, 0.717) is 6.29 Å². The van der Waals surface area contributed by atoms with Gasteiger partial charge in [-0.2, -0.15) is 0 Å². The zero-order valence-electron chi connectivity index (χ0n) is 6.65. The Morgan fingerprint density at radius 3 is 3.00 bits per heavy atom. The summed E-state index contributed by atoms with van der Waals surface area (Å²) in [7, 11) is 0. The molecule has 0 aliphatic carbocycles. The second-order valence-electron chi connectivity index (χ2n) is 2.68. The highest BCUT2D eigenvalue weighted by atomic mass is 32.1. The Hall–Kier alpha value is -1.55. The van der Waals surface area contributed by atoms with Crippen molar-refractivity contribution in [3.8, 4) is 5.75 Å². The predicted molar refractivity (Wildman–Crippen MR) is 53.3 cm³/mol. The van der Waals surface area contributed by atoms with Crippen LogP contribution in [0.2, 0.25) is 0 Å². The van der Waals surface area contributed by atoms with Crippen LogP contribution in [-0.4, -0.2) is 11.4 Å². The van der Waals surface area contributed by atoms with Crippen LogP contribution in [0.1, 0.15) is 10.4 Å². The Balaban J connectivity index is 2.91. The molecule has 1 heterocycles. The van der Waals surface area contributed by atoms with Crippen molar-refractivity contribution < 1.29 is 9.90 Å². The molecule has 0 bridgehead atoms. The van der Waals surface area contributed by atoms with Crippen molar-refractivity contribution in [1.29, 1.82) is 0 Å². The van der Waals surface area contributed by atoms with Gasteiger partial charge in [-0.1, -0.05) is 0 Å². The maximum absolute atomic E-state index is 10.5. The lowest BCUT2D eigenvalue weighted by atomic mass is 10.1. The summed E-state index contributed by atoms with van der Waals surface area (Å²) in [4.78, 5) is 10.5. The Kier molecular flexibility index (Phi) is 1.70. The number of phenols is 1. The number of aldehydes is 1. The van der Waals surface area contributed by atoms with Gasteiger partial charge in [-0.3, -0.25) is 4.79 Å². The third-order valence-electron chi connectivity index (χ3n) is 1.93. The van der Waals surface area contributed by atoms with E-state index in [9.17, 15) is 9.90 Å². The molecule has 2 rings (SSSR count). The van der Waals surface area contributed by atoms with Gasteiger partial charge in [0.15, 0.2) is 6.29 Å². The first-order valence-corrected chi connectivity index (χ1v) is 4.56. The minimum Gasteiger partial charge on any atom is -0.505 e. The van der Waals surface area contributed by atoms with Gasteiger partial charge in [0.1, 0.15) is 5.75 Å². The standard InChI is InChI=1S/C9H7NO2S/c10-8-6-1-2-13-7(6)3-5(4-11)9(8)12/h1-4,12H,10H2. The summed E-state index contributed by atoms with van der Waals surface area (Å²) in [6.07, 6.45) is 0.602. The molecule has 0 amide bonds. The Bertz CT molecular complexity index is 476. The van der Waals surface area contributed by atoms with Crippen LogP contribution in [0.4, 0.5) is 5.69 Å². The number of carbonyl (C=O) groups excluding carboxylic acids is 1. The van der Waals surface area contributed by atoms with E-state index in [-0.39, 0.29) is 17.0 Å². The fourth-order valence-electron chi connectivity index (χ4n) is 1.24. The molecule has 3 N–H and O–H groups in total. The minimum atomic E-state index is -0.124. The van der Waals surface area contributed by atoms with Gasteiger partial charge in [-0.05, 0) is 17.5 Å². The maximum Gasteiger partial charge on any atom is 0.153 e. The van der Waals surface area contributed by atoms with Crippen LogP contribution in [0, 0.1) is 0 Å². The van der Waals surface area contributed by atoms with Gasteiger partial charge in [0.05, 0.1) is 11.3 Å². The molecule has 0 spiro atoms. The average Bonchev–Trinajstić information content (AvgIpc) is 2.59. The zero-order chi connectivity index (χ0) is 9.42. The summed E-state index contributed by atoms with van der Waals surface area (Å²) >= 11 is 1.49. The molecule has 66 valence electrons. The third-order valence-corrected chi connectivity index (χ3v) is 2.79. The van der Waals surface area contributed by atoms with Crippen molar-refractivity contribution in [2.24, 2.45) is 0 Å². The first kappa shape index (κ1) is 8.07. The van der Waals surface area contributed by atoms with Crippen LogP contribution < -0.4 is 5.73 Å². The number of rotatable bonds is 1. The fourth-order valence-corrected chi connectivity index (χ4v) is 2.09. The summed E-state index contributed by atoms with van der Waals surface area (Å²) in [5.74, 6) is -0.124. The Labute approximate surface area is 78.4 Å². The molecule has 0 aliphatic heterocycles. The van der Waals surface area contributed by atoms with Crippen molar-refractivity contribution >= 4 is 33.4 Å². The van der Waals surface area contributed by atoms with E-state index in [0.717, 1.165) is 10.1 Å². The highest BCUT2D eigenvalue weighted by Gasteiger charge is 2.09. The molecule has 13 heavy (non-hydrogen) atoms. The van der Waals surface area contributed by atoms with Gasteiger partial charge in [-0.25, -0.2) is 0 Å². The van der Waals surface area contributed by atoms with Gasteiger partial charge in [0.25, 0.3) is 0 Å². The molecular formula is C9H7NO2S. The van der Waals surface area contributed by atoms with Crippen LogP contribution in [0.3, 0.4) is 0 Å². The predicted octanol–water partition coefficient (Wildman–Crippen LogP) is 2.00. The topological polar surface area (TPSA) is 63.3 Å². The van der Waals surface area contributed by atoms with Crippen LogP contribution >= 0.6 is 11.3 Å². The first-order chi connectivity index (χ1) is 6.24. The smallest absolute Gasteiger partial charge is 0.153 e. The number of carbonyl (C=O) groups is 1. The number of nitrogens with two attached hydrogens (primary N) is 1. The molecule has 0 unspecified atom stereocenters. The molecule has 0 saturated carbocycles. The number of nitrogen functional groups attached to an aromatic ring is 1. The lowest BCUT2D eigenvalue weighted by molar-refractivity contribution is 0.112. The number of thiophene rings is 1. The highest BCUT2D eigenvalue weighted by molar-refractivity contribution is 7.17. The molecule has 1 aromatic heterocycles. The molecule has 0 fully saturated rings. The Morgan fingerprint density at radius 2 is 2.31 bits per heavy atom. The quantitative estimate of drug-likeness (QED) is 0.413. The number of anilines is 1. The largest absolute Gasteiger partial charge is 0.505 e. The van der Waals surface area contributed by atoms with Crippen LogP contribution in [0.15, 0.2) is 17.5 Å². The molecule has 1 aromatic carbocycles. The Morgan fingerprint density at radius 1 is 1.54 bits per heavy atom. The highest BCUT2D eigenvalue weighted by Crippen LogP contribution is 2.35. The number of benzene rings is 1. The number of hydrogen-bond acceptors (Lipinski definition) is 4. The lowest BCUT2D eigenvalue weighted by Crippen LogP contribution is -1.90. The monoisotopic (exact) mass is 193 g/mol. The summed E-state index contributed by atoms with van der Waals surface area (Å²) in [5, 5.41) is 12.1. The molecule has 0 atom stereocenters. The van der Waals surface area contributed by atoms with Gasteiger partial charge < -0.3 is 10.8 Å². The van der Waals surface area contributed by atoms with E-state index in [4.69, 9.17) is 5.73 Å². The molecule has 0 aliphatic rings. The fraction of sp³-hybridized carbons (Fsp3) is 0.